The molecule has 0 aliphatic heterocycles. The number of rotatable bonds is 4. The van der Waals surface area contributed by atoms with Gasteiger partial charge in [0.2, 0.25) is 11.6 Å². The molecular weight excluding hydrogens is 244 g/mol. The summed E-state index contributed by atoms with van der Waals surface area (Å²) in [7, 11) is 0. The van der Waals surface area contributed by atoms with Gasteiger partial charge in [-0.25, -0.2) is 0 Å². The fourth-order valence-corrected chi connectivity index (χ4v) is 1.88. The molecule has 0 saturated heterocycles. The standard InChI is InChI=1S/C15H10O4/c16-11(14-6-3-7-18-14)9-12(17)15-8-10-4-1-2-5-13(10)19-15/h1-8H,9H2. The number of ketones is 2. The highest BCUT2D eigenvalue weighted by atomic mass is 16.3. The Kier molecular flexibility index (Phi) is 2.76. The summed E-state index contributed by atoms with van der Waals surface area (Å²) in [5.74, 6) is -0.321. The Labute approximate surface area is 108 Å². The number of fused-ring (bicyclic) bond motifs is 1. The maximum atomic E-state index is 12.0. The minimum absolute atomic E-state index is 0.185. The van der Waals surface area contributed by atoms with Crippen molar-refractivity contribution in [2.24, 2.45) is 0 Å². The van der Waals surface area contributed by atoms with Crippen molar-refractivity contribution in [1.82, 2.24) is 0 Å². The molecule has 4 heteroatoms. The number of hydrogen-bond donors (Lipinski definition) is 0. The monoisotopic (exact) mass is 254 g/mol. The number of Topliss-reactive ketones (excluding diaryl/α,β-unsaturated/α-hetero) is 2. The summed E-state index contributed by atoms with van der Waals surface area (Å²) in [6.07, 6.45) is 1.15. The minimum Gasteiger partial charge on any atom is -0.461 e. The average Bonchev–Trinajstić information content (AvgIpc) is 3.07. The zero-order chi connectivity index (χ0) is 13.2. The quantitative estimate of drug-likeness (QED) is 0.528. The second-order valence-corrected chi connectivity index (χ2v) is 4.15. The summed E-state index contributed by atoms with van der Waals surface area (Å²) >= 11 is 0. The van der Waals surface area contributed by atoms with Gasteiger partial charge < -0.3 is 8.83 Å². The molecule has 0 atom stereocenters. The Balaban J connectivity index is 1.82. The van der Waals surface area contributed by atoms with Crippen molar-refractivity contribution in [3.8, 4) is 0 Å². The van der Waals surface area contributed by atoms with E-state index in [1.54, 1.807) is 18.2 Å². The summed E-state index contributed by atoms with van der Waals surface area (Å²) in [6, 6.07) is 12.1. The highest BCUT2D eigenvalue weighted by Gasteiger charge is 2.18. The average molecular weight is 254 g/mol. The Morgan fingerprint density at radius 1 is 0.947 bits per heavy atom. The first-order valence-electron chi connectivity index (χ1n) is 5.82. The topological polar surface area (TPSA) is 60.4 Å². The summed E-state index contributed by atoms with van der Waals surface area (Å²) in [5, 5.41) is 0.844. The molecule has 0 bridgehead atoms. The normalized spacial score (nSPS) is 10.7. The lowest BCUT2D eigenvalue weighted by molar-refractivity contribution is 0.0864. The van der Waals surface area contributed by atoms with Crippen molar-refractivity contribution in [1.29, 1.82) is 0 Å². The van der Waals surface area contributed by atoms with Gasteiger partial charge in [-0.2, -0.15) is 0 Å². The highest BCUT2D eigenvalue weighted by molar-refractivity contribution is 6.12. The SMILES string of the molecule is O=C(CC(=O)c1cc2ccccc2o1)c1ccco1. The van der Waals surface area contributed by atoms with E-state index in [0.717, 1.165) is 5.39 Å². The van der Waals surface area contributed by atoms with Gasteiger partial charge in [0, 0.05) is 5.39 Å². The van der Waals surface area contributed by atoms with E-state index in [-0.39, 0.29) is 29.5 Å². The predicted octanol–water partition coefficient (Wildman–Crippen LogP) is 3.48. The second-order valence-electron chi connectivity index (χ2n) is 4.15. The van der Waals surface area contributed by atoms with Crippen LogP contribution in [-0.2, 0) is 0 Å². The van der Waals surface area contributed by atoms with Crippen molar-refractivity contribution in [2.45, 2.75) is 6.42 Å². The van der Waals surface area contributed by atoms with Gasteiger partial charge in [0.1, 0.15) is 5.58 Å². The summed E-state index contributed by atoms with van der Waals surface area (Å²) < 4.78 is 10.4. The van der Waals surface area contributed by atoms with Gasteiger partial charge in [-0.3, -0.25) is 9.59 Å². The third-order valence-electron chi connectivity index (χ3n) is 2.82. The van der Waals surface area contributed by atoms with E-state index >= 15 is 0 Å². The first kappa shape index (κ1) is 11.5. The molecule has 3 rings (SSSR count). The third kappa shape index (κ3) is 2.20. The number of hydrogen-bond acceptors (Lipinski definition) is 4. The first-order chi connectivity index (χ1) is 9.24. The molecule has 94 valence electrons. The summed E-state index contributed by atoms with van der Waals surface area (Å²) in [4.78, 5) is 23.7. The van der Waals surface area contributed by atoms with E-state index in [1.165, 1.54) is 12.3 Å². The van der Waals surface area contributed by atoms with Gasteiger partial charge in [0.25, 0.3) is 0 Å². The maximum absolute atomic E-state index is 12.0. The van der Waals surface area contributed by atoms with Crippen LogP contribution in [0.15, 0.2) is 57.6 Å². The number of carbonyl (C=O) groups is 2. The van der Waals surface area contributed by atoms with Crippen LogP contribution in [0, 0.1) is 0 Å². The van der Waals surface area contributed by atoms with E-state index < -0.39 is 0 Å². The van der Waals surface area contributed by atoms with Gasteiger partial charge in [-0.1, -0.05) is 18.2 Å². The molecule has 0 spiro atoms. The van der Waals surface area contributed by atoms with E-state index in [1.807, 2.05) is 18.2 Å². The van der Waals surface area contributed by atoms with E-state index in [9.17, 15) is 9.59 Å². The van der Waals surface area contributed by atoms with E-state index in [0.29, 0.717) is 5.58 Å². The van der Waals surface area contributed by atoms with Crippen LogP contribution in [0.5, 0.6) is 0 Å². The van der Waals surface area contributed by atoms with Crippen LogP contribution in [0.2, 0.25) is 0 Å². The van der Waals surface area contributed by atoms with Gasteiger partial charge in [-0.15, -0.1) is 0 Å². The molecule has 0 N–H and O–H groups in total. The number of para-hydroxylation sites is 1. The lowest BCUT2D eigenvalue weighted by atomic mass is 10.1. The minimum atomic E-state index is -0.351. The molecule has 1 aromatic carbocycles. The molecule has 0 fully saturated rings. The molecule has 0 unspecified atom stereocenters. The largest absolute Gasteiger partial charge is 0.461 e. The van der Waals surface area contributed by atoms with Crippen molar-refractivity contribution in [3.05, 3.63) is 60.2 Å². The molecule has 3 aromatic rings. The second kappa shape index (κ2) is 4.57. The van der Waals surface area contributed by atoms with E-state index in [2.05, 4.69) is 0 Å². The van der Waals surface area contributed by atoms with Crippen molar-refractivity contribution in [2.75, 3.05) is 0 Å². The third-order valence-corrected chi connectivity index (χ3v) is 2.82. The first-order valence-corrected chi connectivity index (χ1v) is 5.82. The van der Waals surface area contributed by atoms with Crippen LogP contribution in [0.4, 0.5) is 0 Å². The molecular formula is C15H10O4. The molecule has 4 nitrogen and oxygen atoms in total. The summed E-state index contributed by atoms with van der Waals surface area (Å²) in [5.41, 5.74) is 0.635. The number of carbonyl (C=O) groups excluding carboxylic acids is 2. The fraction of sp³-hybridized carbons (Fsp3) is 0.0667. The van der Waals surface area contributed by atoms with Crippen LogP contribution in [0.3, 0.4) is 0 Å². The maximum Gasteiger partial charge on any atom is 0.205 e. The van der Waals surface area contributed by atoms with Gasteiger partial charge in [0.15, 0.2) is 11.5 Å². The zero-order valence-electron chi connectivity index (χ0n) is 9.96. The van der Waals surface area contributed by atoms with Crippen LogP contribution in [0.25, 0.3) is 11.0 Å². The molecule has 2 aromatic heterocycles. The van der Waals surface area contributed by atoms with Crippen molar-refractivity contribution >= 4 is 22.5 Å². The van der Waals surface area contributed by atoms with Crippen molar-refractivity contribution in [3.63, 3.8) is 0 Å². The van der Waals surface area contributed by atoms with Crippen LogP contribution < -0.4 is 0 Å². The molecule has 0 aliphatic carbocycles. The lowest BCUT2D eigenvalue weighted by Gasteiger charge is -1.94. The smallest absolute Gasteiger partial charge is 0.205 e. The number of benzene rings is 1. The van der Waals surface area contributed by atoms with Crippen LogP contribution >= 0.6 is 0 Å². The Morgan fingerprint density at radius 2 is 1.74 bits per heavy atom. The van der Waals surface area contributed by atoms with Crippen LogP contribution in [-0.4, -0.2) is 11.6 Å². The molecule has 0 aliphatic rings. The zero-order valence-corrected chi connectivity index (χ0v) is 9.96. The Morgan fingerprint density at radius 3 is 2.47 bits per heavy atom. The van der Waals surface area contributed by atoms with Crippen LogP contribution in [0.1, 0.15) is 27.5 Å². The molecule has 0 radical (unpaired) electrons. The molecule has 0 amide bonds. The predicted molar refractivity (Wildman–Crippen MR) is 68.2 cm³/mol. The number of furan rings is 2. The van der Waals surface area contributed by atoms with Gasteiger partial charge in [-0.05, 0) is 24.3 Å². The lowest BCUT2D eigenvalue weighted by Crippen LogP contribution is -2.06. The Bertz CT molecular complexity index is 701. The Hall–Kier alpha value is -2.62. The molecule has 19 heavy (non-hydrogen) atoms. The van der Waals surface area contributed by atoms with Gasteiger partial charge in [0.05, 0.1) is 12.7 Å². The molecule has 0 saturated carbocycles. The fourth-order valence-electron chi connectivity index (χ4n) is 1.88. The summed E-state index contributed by atoms with van der Waals surface area (Å²) in [6.45, 7) is 0. The highest BCUT2D eigenvalue weighted by Crippen LogP contribution is 2.20. The van der Waals surface area contributed by atoms with Gasteiger partial charge >= 0.3 is 0 Å². The molecule has 2 heterocycles. The van der Waals surface area contributed by atoms with E-state index in [4.69, 9.17) is 8.83 Å². The van der Waals surface area contributed by atoms with Crippen molar-refractivity contribution < 1.29 is 18.4 Å².